The fourth-order valence-corrected chi connectivity index (χ4v) is 0.949. The van der Waals surface area contributed by atoms with Crippen molar-refractivity contribution in [3.05, 3.63) is 29.8 Å². The van der Waals surface area contributed by atoms with Crippen LogP contribution in [0.5, 0.6) is 5.75 Å². The summed E-state index contributed by atoms with van der Waals surface area (Å²) in [5.41, 5.74) is 0.200. The lowest BCUT2D eigenvalue weighted by Crippen LogP contribution is -2.05. The monoisotopic (exact) mass is 210 g/mol. The van der Waals surface area contributed by atoms with Crippen molar-refractivity contribution in [3.63, 3.8) is 0 Å². The number of hydrogen-bond acceptors (Lipinski definition) is 4. The normalized spacial score (nSPS) is 9.33. The lowest BCUT2D eigenvalue weighted by molar-refractivity contribution is -0.129. The number of rotatable bonds is 6. The molecule has 0 unspecified atom stereocenters. The molecule has 0 fully saturated rings. The Morgan fingerprint density at radius 3 is 2.47 bits per heavy atom. The molecule has 0 aliphatic carbocycles. The Morgan fingerprint density at radius 1 is 1.27 bits per heavy atom. The Morgan fingerprint density at radius 2 is 1.93 bits per heavy atom. The zero-order valence-electron chi connectivity index (χ0n) is 7.88. The van der Waals surface area contributed by atoms with Crippen LogP contribution in [0.15, 0.2) is 24.3 Å². The van der Waals surface area contributed by atoms with Crippen LogP contribution in [0.25, 0.3) is 0 Å². The highest BCUT2D eigenvalue weighted by atomic mass is 16.5. The predicted molar refractivity (Wildman–Crippen MR) is 50.9 cm³/mol. The third-order valence-corrected chi connectivity index (χ3v) is 1.64. The third kappa shape index (κ3) is 3.68. The van der Waals surface area contributed by atoms with Gasteiger partial charge in [-0.1, -0.05) is 0 Å². The molecule has 0 aliphatic heterocycles. The maximum Gasteiger partial charge on any atom is 0.335 e. The largest absolute Gasteiger partial charge is 0.490 e. The van der Waals surface area contributed by atoms with Crippen LogP contribution in [-0.2, 0) is 9.53 Å². The lowest BCUT2D eigenvalue weighted by Gasteiger charge is -2.04. The molecule has 1 aromatic carbocycles. The van der Waals surface area contributed by atoms with Crippen LogP contribution in [0, 0.1) is 0 Å². The minimum atomic E-state index is -0.981. The summed E-state index contributed by atoms with van der Waals surface area (Å²) in [6.07, 6.45) is 0. The first-order valence-corrected chi connectivity index (χ1v) is 4.25. The number of carboxylic acids is 1. The predicted octanol–water partition coefficient (Wildman–Crippen LogP) is 0.937. The third-order valence-electron chi connectivity index (χ3n) is 1.64. The molecule has 0 saturated heterocycles. The van der Waals surface area contributed by atoms with Gasteiger partial charge in [-0.05, 0) is 24.3 Å². The van der Waals surface area contributed by atoms with E-state index >= 15 is 0 Å². The number of benzene rings is 1. The van der Waals surface area contributed by atoms with Crippen LogP contribution < -0.4 is 4.74 Å². The van der Waals surface area contributed by atoms with Gasteiger partial charge in [0.05, 0.1) is 5.56 Å². The molecule has 0 saturated carbocycles. The molecule has 5 nitrogen and oxygen atoms in total. The lowest BCUT2D eigenvalue weighted by atomic mass is 10.2. The molecule has 0 atom stereocenters. The van der Waals surface area contributed by atoms with E-state index in [9.17, 15) is 9.59 Å². The smallest absolute Gasteiger partial charge is 0.335 e. The molecule has 0 amide bonds. The van der Waals surface area contributed by atoms with E-state index < -0.39 is 5.97 Å². The van der Waals surface area contributed by atoms with Crippen LogP contribution >= 0.6 is 0 Å². The molecule has 1 N–H and O–H groups in total. The average molecular weight is 210 g/mol. The van der Waals surface area contributed by atoms with Crippen molar-refractivity contribution >= 4 is 12.4 Å². The molecule has 80 valence electrons. The van der Waals surface area contributed by atoms with Crippen molar-refractivity contribution in [1.29, 1.82) is 0 Å². The molecule has 5 heteroatoms. The molecule has 1 rings (SSSR count). The van der Waals surface area contributed by atoms with Crippen molar-refractivity contribution in [2.24, 2.45) is 0 Å². The molecule has 0 aromatic heterocycles. The maximum absolute atomic E-state index is 10.5. The zero-order chi connectivity index (χ0) is 11.1. The molecular weight excluding hydrogens is 200 g/mol. The van der Waals surface area contributed by atoms with E-state index in [4.69, 9.17) is 9.84 Å². The Bertz CT molecular complexity index is 330. The second kappa shape index (κ2) is 5.64. The minimum Gasteiger partial charge on any atom is -0.490 e. The van der Waals surface area contributed by atoms with Crippen molar-refractivity contribution in [3.8, 4) is 5.75 Å². The highest BCUT2D eigenvalue weighted by molar-refractivity contribution is 5.87. The summed E-state index contributed by atoms with van der Waals surface area (Å²) >= 11 is 0. The first-order chi connectivity index (χ1) is 7.24. The molecular formula is C10H10O5. The highest BCUT2D eigenvalue weighted by Gasteiger charge is 2.01. The van der Waals surface area contributed by atoms with Crippen LogP contribution in [0.4, 0.5) is 0 Å². The molecule has 0 bridgehead atoms. The summed E-state index contributed by atoms with van der Waals surface area (Å²) in [5.74, 6) is -0.444. The summed E-state index contributed by atoms with van der Waals surface area (Å²) in [7, 11) is 0. The van der Waals surface area contributed by atoms with E-state index in [0.717, 1.165) is 0 Å². The highest BCUT2D eigenvalue weighted by Crippen LogP contribution is 2.11. The maximum atomic E-state index is 10.5. The van der Waals surface area contributed by atoms with Crippen molar-refractivity contribution in [2.45, 2.75) is 0 Å². The summed E-state index contributed by atoms with van der Waals surface area (Å²) in [5, 5.41) is 8.62. The topological polar surface area (TPSA) is 72.8 Å². The van der Waals surface area contributed by atoms with Gasteiger partial charge in [-0.25, -0.2) is 4.79 Å². The zero-order valence-corrected chi connectivity index (χ0v) is 7.88. The first-order valence-electron chi connectivity index (χ1n) is 4.25. The van der Waals surface area contributed by atoms with Gasteiger partial charge in [0.1, 0.15) is 19.0 Å². The number of carbonyl (C=O) groups excluding carboxylic acids is 1. The number of carbonyl (C=O) groups is 2. The van der Waals surface area contributed by atoms with Crippen LogP contribution in [-0.4, -0.2) is 30.8 Å². The van der Waals surface area contributed by atoms with Crippen LogP contribution in [0.1, 0.15) is 10.4 Å². The van der Waals surface area contributed by atoms with E-state index in [-0.39, 0.29) is 18.8 Å². The van der Waals surface area contributed by atoms with Gasteiger partial charge < -0.3 is 14.6 Å². The summed E-state index contributed by atoms with van der Waals surface area (Å²) < 4.78 is 9.58. The van der Waals surface area contributed by atoms with Gasteiger partial charge in [0, 0.05) is 0 Å². The van der Waals surface area contributed by atoms with Crippen molar-refractivity contribution in [2.75, 3.05) is 13.2 Å². The Balaban J connectivity index is 2.42. The molecule has 0 aliphatic rings. The number of carboxylic acid groups (broad SMARTS) is 1. The summed E-state index contributed by atoms with van der Waals surface area (Å²) in [6, 6.07) is 5.98. The molecule has 0 spiro atoms. The fourth-order valence-electron chi connectivity index (χ4n) is 0.949. The summed E-state index contributed by atoms with van der Waals surface area (Å²) in [6.45, 7) is 0.756. The Labute approximate surface area is 86.2 Å². The van der Waals surface area contributed by atoms with Gasteiger partial charge in [-0.3, -0.25) is 4.79 Å². The molecule has 1 aromatic rings. The molecule has 0 heterocycles. The molecule has 15 heavy (non-hydrogen) atoms. The minimum absolute atomic E-state index is 0.171. The van der Waals surface area contributed by atoms with E-state index in [1.165, 1.54) is 12.1 Å². The van der Waals surface area contributed by atoms with Crippen LogP contribution in [0.3, 0.4) is 0 Å². The van der Waals surface area contributed by atoms with E-state index in [2.05, 4.69) is 4.74 Å². The second-order valence-electron chi connectivity index (χ2n) is 2.65. The SMILES string of the molecule is O=COCCOc1ccc(C(=O)O)cc1. The van der Waals surface area contributed by atoms with E-state index in [1.54, 1.807) is 12.1 Å². The van der Waals surface area contributed by atoms with Gasteiger partial charge in [-0.2, -0.15) is 0 Å². The van der Waals surface area contributed by atoms with Gasteiger partial charge in [-0.15, -0.1) is 0 Å². The van der Waals surface area contributed by atoms with Crippen molar-refractivity contribution < 1.29 is 24.2 Å². The second-order valence-corrected chi connectivity index (χ2v) is 2.65. The number of aromatic carboxylic acids is 1. The fraction of sp³-hybridized carbons (Fsp3) is 0.200. The van der Waals surface area contributed by atoms with E-state index in [0.29, 0.717) is 12.2 Å². The van der Waals surface area contributed by atoms with Gasteiger partial charge in [0.25, 0.3) is 6.47 Å². The van der Waals surface area contributed by atoms with Gasteiger partial charge >= 0.3 is 5.97 Å². The summed E-state index contributed by atoms with van der Waals surface area (Å²) in [4.78, 5) is 20.3. The van der Waals surface area contributed by atoms with Gasteiger partial charge in [0.15, 0.2) is 0 Å². The quantitative estimate of drug-likeness (QED) is 0.558. The van der Waals surface area contributed by atoms with E-state index in [1.807, 2.05) is 0 Å². The average Bonchev–Trinajstić information content (AvgIpc) is 2.25. The van der Waals surface area contributed by atoms with Crippen LogP contribution in [0.2, 0.25) is 0 Å². The number of ether oxygens (including phenoxy) is 2. The first kappa shape index (κ1) is 11.0. The Hall–Kier alpha value is -2.04. The number of hydrogen-bond donors (Lipinski definition) is 1. The Kier molecular flexibility index (Phi) is 4.15. The standard InChI is InChI=1S/C10H10O5/c11-7-14-5-6-15-9-3-1-8(2-4-9)10(12)13/h1-4,7H,5-6H2,(H,12,13). The van der Waals surface area contributed by atoms with Gasteiger partial charge in [0.2, 0.25) is 0 Å². The van der Waals surface area contributed by atoms with Crippen molar-refractivity contribution in [1.82, 2.24) is 0 Å². The molecule has 0 radical (unpaired) electrons.